The molecule has 3 heterocycles. The summed E-state index contributed by atoms with van der Waals surface area (Å²) in [6, 6.07) is 5.58. The molecule has 0 N–H and O–H groups in total. The molecule has 1 saturated heterocycles. The number of pyridine rings is 2. The minimum absolute atomic E-state index is 0.0835. The van der Waals surface area contributed by atoms with Crippen molar-refractivity contribution in [1.82, 2.24) is 9.97 Å². The highest BCUT2D eigenvalue weighted by Gasteiger charge is 2.45. The van der Waals surface area contributed by atoms with Gasteiger partial charge in [0.05, 0.1) is 0 Å². The molecule has 1 unspecified atom stereocenters. The number of hydrogen-bond donors (Lipinski definition) is 0. The van der Waals surface area contributed by atoms with Crippen LogP contribution in [0.3, 0.4) is 0 Å². The summed E-state index contributed by atoms with van der Waals surface area (Å²) in [5, 5.41) is 0. The number of ether oxygens (including phenoxy) is 1. The Morgan fingerprint density at radius 2 is 1.74 bits per heavy atom. The number of anilines is 1. The van der Waals surface area contributed by atoms with Gasteiger partial charge in [-0.15, -0.1) is 0 Å². The van der Waals surface area contributed by atoms with E-state index in [9.17, 15) is 13.2 Å². The molecule has 1 aliphatic rings. The van der Waals surface area contributed by atoms with E-state index >= 15 is 0 Å². The van der Waals surface area contributed by atoms with Crippen LogP contribution in [0.1, 0.15) is 40.0 Å². The average Bonchev–Trinajstić information content (AvgIpc) is 2.60. The largest absolute Gasteiger partial charge is 0.472 e. The molecule has 0 radical (unpaired) electrons. The van der Waals surface area contributed by atoms with Gasteiger partial charge in [0.1, 0.15) is 17.5 Å². The predicted octanol–water partition coefficient (Wildman–Crippen LogP) is 5.24. The van der Waals surface area contributed by atoms with Gasteiger partial charge in [0.15, 0.2) is 0 Å². The minimum atomic E-state index is -4.29. The standard InChI is InChI=1S/C20H24F3N3O/c1-19(2,3)27-18-13-15(14-7-9-24-10-8-14)12-17(25-18)26-11-5-4-6-16(26)20(21,22)23/h7-10,12-13,16H,4-6,11H2,1-3H3. The molecule has 3 rings (SSSR count). The lowest BCUT2D eigenvalue weighted by Gasteiger charge is -2.38. The number of nitrogens with zero attached hydrogens (tertiary/aromatic N) is 3. The maximum Gasteiger partial charge on any atom is 0.408 e. The lowest BCUT2D eigenvalue weighted by atomic mass is 10.0. The monoisotopic (exact) mass is 379 g/mol. The summed E-state index contributed by atoms with van der Waals surface area (Å²) in [4.78, 5) is 9.79. The zero-order valence-corrected chi connectivity index (χ0v) is 15.8. The Labute approximate surface area is 157 Å². The summed E-state index contributed by atoms with van der Waals surface area (Å²) in [5.41, 5.74) is 1.10. The summed E-state index contributed by atoms with van der Waals surface area (Å²) >= 11 is 0. The molecule has 7 heteroatoms. The topological polar surface area (TPSA) is 38.2 Å². The third kappa shape index (κ3) is 4.90. The SMILES string of the molecule is CC(C)(C)Oc1cc(-c2ccncc2)cc(N2CCCCC2C(F)(F)F)n1. The van der Waals surface area contributed by atoms with Crippen LogP contribution in [0, 0.1) is 0 Å². The molecule has 27 heavy (non-hydrogen) atoms. The van der Waals surface area contributed by atoms with Gasteiger partial charge in [0.25, 0.3) is 0 Å². The first-order valence-corrected chi connectivity index (χ1v) is 9.08. The molecule has 0 aliphatic carbocycles. The maximum absolute atomic E-state index is 13.6. The van der Waals surface area contributed by atoms with E-state index in [1.807, 2.05) is 32.9 Å². The van der Waals surface area contributed by atoms with Crippen molar-refractivity contribution in [2.45, 2.75) is 57.9 Å². The van der Waals surface area contributed by atoms with Crippen LogP contribution in [0.2, 0.25) is 0 Å². The predicted molar refractivity (Wildman–Crippen MR) is 98.9 cm³/mol. The Balaban J connectivity index is 2.06. The second-order valence-corrected chi connectivity index (χ2v) is 7.75. The van der Waals surface area contributed by atoms with Crippen molar-refractivity contribution in [2.24, 2.45) is 0 Å². The average molecular weight is 379 g/mol. The van der Waals surface area contributed by atoms with Gasteiger partial charge in [-0.3, -0.25) is 4.98 Å². The fourth-order valence-corrected chi connectivity index (χ4v) is 3.26. The molecule has 0 amide bonds. The van der Waals surface area contributed by atoms with Crippen molar-refractivity contribution >= 4 is 5.82 Å². The zero-order valence-electron chi connectivity index (χ0n) is 15.8. The minimum Gasteiger partial charge on any atom is -0.472 e. The molecule has 0 aromatic carbocycles. The first-order valence-electron chi connectivity index (χ1n) is 9.08. The van der Waals surface area contributed by atoms with Crippen LogP contribution in [-0.4, -0.2) is 34.3 Å². The van der Waals surface area contributed by atoms with Crippen molar-refractivity contribution in [1.29, 1.82) is 0 Å². The van der Waals surface area contributed by atoms with Crippen LogP contribution in [0.4, 0.5) is 19.0 Å². The Hall–Kier alpha value is -2.31. The van der Waals surface area contributed by atoms with Gasteiger partial charge in [-0.1, -0.05) is 0 Å². The maximum atomic E-state index is 13.6. The van der Waals surface area contributed by atoms with Crippen LogP contribution >= 0.6 is 0 Å². The lowest BCUT2D eigenvalue weighted by Crippen LogP contribution is -2.49. The van der Waals surface area contributed by atoms with Crippen LogP contribution in [-0.2, 0) is 0 Å². The zero-order chi connectivity index (χ0) is 19.7. The fourth-order valence-electron chi connectivity index (χ4n) is 3.26. The van der Waals surface area contributed by atoms with Crippen LogP contribution in [0.15, 0.2) is 36.7 Å². The first kappa shape index (κ1) is 19.5. The molecule has 1 aliphatic heterocycles. The van der Waals surface area contributed by atoms with Crippen LogP contribution in [0.25, 0.3) is 11.1 Å². The van der Waals surface area contributed by atoms with Gasteiger partial charge in [-0.05, 0) is 69.4 Å². The normalized spacial score (nSPS) is 18.4. The molecule has 146 valence electrons. The highest BCUT2D eigenvalue weighted by molar-refractivity contribution is 5.68. The highest BCUT2D eigenvalue weighted by Crippen LogP contribution is 2.37. The highest BCUT2D eigenvalue weighted by atomic mass is 19.4. The van der Waals surface area contributed by atoms with E-state index < -0.39 is 17.8 Å². The molecule has 0 saturated carbocycles. The number of alkyl halides is 3. The molecular formula is C20H24F3N3O. The smallest absolute Gasteiger partial charge is 0.408 e. The van der Waals surface area contributed by atoms with Gasteiger partial charge < -0.3 is 9.64 Å². The van der Waals surface area contributed by atoms with Crippen molar-refractivity contribution in [3.8, 4) is 17.0 Å². The summed E-state index contributed by atoms with van der Waals surface area (Å²) in [6.07, 6.45) is 0.373. The molecule has 0 bridgehead atoms. The van der Waals surface area contributed by atoms with Crippen LogP contribution < -0.4 is 9.64 Å². The molecule has 1 fully saturated rings. The third-order valence-corrected chi connectivity index (χ3v) is 4.39. The molecular weight excluding hydrogens is 355 g/mol. The van der Waals surface area contributed by atoms with Crippen molar-refractivity contribution in [3.05, 3.63) is 36.7 Å². The summed E-state index contributed by atoms with van der Waals surface area (Å²) < 4.78 is 46.6. The van der Waals surface area contributed by atoms with Gasteiger partial charge in [0, 0.05) is 25.0 Å². The number of hydrogen-bond acceptors (Lipinski definition) is 4. The lowest BCUT2D eigenvalue weighted by molar-refractivity contribution is -0.152. The van der Waals surface area contributed by atoms with Gasteiger partial charge in [-0.25, -0.2) is 0 Å². The first-order chi connectivity index (χ1) is 12.6. The van der Waals surface area contributed by atoms with Crippen molar-refractivity contribution in [3.63, 3.8) is 0 Å². The van der Waals surface area contributed by atoms with E-state index in [2.05, 4.69) is 9.97 Å². The van der Waals surface area contributed by atoms with Gasteiger partial charge >= 0.3 is 6.18 Å². The van der Waals surface area contributed by atoms with Crippen molar-refractivity contribution < 1.29 is 17.9 Å². The quantitative estimate of drug-likeness (QED) is 0.731. The fraction of sp³-hybridized carbons (Fsp3) is 0.500. The van der Waals surface area contributed by atoms with E-state index in [0.717, 1.165) is 11.1 Å². The Kier molecular flexibility index (Phi) is 5.31. The van der Waals surface area contributed by atoms with E-state index in [-0.39, 0.29) is 6.42 Å². The van der Waals surface area contributed by atoms with E-state index in [1.165, 1.54) is 4.90 Å². The van der Waals surface area contributed by atoms with Crippen molar-refractivity contribution in [2.75, 3.05) is 11.4 Å². The summed E-state index contributed by atoms with van der Waals surface area (Å²) in [6.45, 7) is 5.97. The Morgan fingerprint density at radius 1 is 1.04 bits per heavy atom. The van der Waals surface area contributed by atoms with Gasteiger partial charge in [0.2, 0.25) is 5.88 Å². The number of piperidine rings is 1. The second kappa shape index (κ2) is 7.37. The molecule has 2 aromatic heterocycles. The van der Waals surface area contributed by atoms with E-state index in [0.29, 0.717) is 31.1 Å². The number of halogens is 3. The Bertz CT molecular complexity index is 772. The third-order valence-electron chi connectivity index (χ3n) is 4.39. The molecule has 1 atom stereocenters. The summed E-state index contributed by atoms with van der Waals surface area (Å²) in [7, 11) is 0. The second-order valence-electron chi connectivity index (χ2n) is 7.75. The Morgan fingerprint density at radius 3 is 2.37 bits per heavy atom. The molecule has 0 spiro atoms. The van der Waals surface area contributed by atoms with E-state index in [1.54, 1.807) is 24.5 Å². The van der Waals surface area contributed by atoms with Gasteiger partial charge in [-0.2, -0.15) is 18.2 Å². The number of rotatable bonds is 3. The summed E-state index contributed by atoms with van der Waals surface area (Å²) in [5.74, 6) is 0.615. The van der Waals surface area contributed by atoms with E-state index in [4.69, 9.17) is 4.74 Å². The van der Waals surface area contributed by atoms with Crippen LogP contribution in [0.5, 0.6) is 5.88 Å². The number of aromatic nitrogens is 2. The molecule has 4 nitrogen and oxygen atoms in total. The molecule has 2 aromatic rings.